The summed E-state index contributed by atoms with van der Waals surface area (Å²) in [6, 6.07) is 5.61. The van der Waals surface area contributed by atoms with Crippen LogP contribution in [0.1, 0.15) is 20.8 Å². The highest BCUT2D eigenvalue weighted by molar-refractivity contribution is 8.00. The maximum atomic E-state index is 6.03. The molecule has 0 heterocycles. The summed E-state index contributed by atoms with van der Waals surface area (Å²) < 4.78 is 0.138. The highest BCUT2D eigenvalue weighted by atomic mass is 35.5. The molecular weight excluding hydrogens is 202 g/mol. The number of hydrogen-bond donors (Lipinski definition) is 1. The van der Waals surface area contributed by atoms with Gasteiger partial charge in [-0.1, -0.05) is 38.4 Å². The zero-order valence-electron chi connectivity index (χ0n) is 8.10. The van der Waals surface area contributed by atoms with Gasteiger partial charge in [0, 0.05) is 15.3 Å². The second-order valence-electron chi connectivity index (χ2n) is 3.87. The third-order valence-electron chi connectivity index (χ3n) is 1.41. The minimum absolute atomic E-state index is 0.138. The molecule has 1 aromatic rings. The van der Waals surface area contributed by atoms with E-state index in [-0.39, 0.29) is 4.75 Å². The zero-order valence-corrected chi connectivity index (χ0v) is 9.67. The summed E-state index contributed by atoms with van der Waals surface area (Å²) in [4.78, 5) is 0.983. The number of anilines is 1. The molecule has 2 N–H and O–H groups in total. The normalized spacial score (nSPS) is 11.7. The van der Waals surface area contributed by atoms with Gasteiger partial charge in [0.05, 0.1) is 5.02 Å². The van der Waals surface area contributed by atoms with Gasteiger partial charge in [-0.2, -0.15) is 0 Å². The molecule has 72 valence electrons. The fourth-order valence-electron chi connectivity index (χ4n) is 0.939. The lowest BCUT2D eigenvalue weighted by atomic mass is 10.3. The molecule has 0 aliphatic carbocycles. The molecule has 1 rings (SSSR count). The maximum absolute atomic E-state index is 6.03. The van der Waals surface area contributed by atoms with Crippen LogP contribution in [0.4, 0.5) is 5.69 Å². The Hall–Kier alpha value is -0.340. The van der Waals surface area contributed by atoms with Crippen LogP contribution in [0.5, 0.6) is 0 Å². The first-order chi connectivity index (χ1) is 5.90. The van der Waals surface area contributed by atoms with E-state index >= 15 is 0 Å². The smallest absolute Gasteiger partial charge is 0.0562 e. The summed E-state index contributed by atoms with van der Waals surface area (Å²) >= 11 is 7.73. The molecule has 0 fully saturated rings. The van der Waals surface area contributed by atoms with E-state index in [4.69, 9.17) is 17.3 Å². The van der Waals surface area contributed by atoms with Crippen molar-refractivity contribution in [1.82, 2.24) is 0 Å². The summed E-state index contributed by atoms with van der Waals surface area (Å²) in [6.07, 6.45) is 0. The van der Waals surface area contributed by atoms with Crippen LogP contribution >= 0.6 is 23.4 Å². The Labute approximate surface area is 88.7 Å². The van der Waals surface area contributed by atoms with E-state index in [0.29, 0.717) is 0 Å². The van der Waals surface area contributed by atoms with Gasteiger partial charge in [-0.3, -0.25) is 0 Å². The number of thioether (sulfide) groups is 1. The van der Waals surface area contributed by atoms with Gasteiger partial charge in [0.2, 0.25) is 0 Å². The Balaban J connectivity index is 3.00. The molecular formula is C10H14ClNS. The van der Waals surface area contributed by atoms with Gasteiger partial charge < -0.3 is 5.73 Å². The molecule has 0 unspecified atom stereocenters. The molecule has 0 atom stereocenters. The van der Waals surface area contributed by atoms with Crippen LogP contribution in [0, 0.1) is 0 Å². The number of benzene rings is 1. The van der Waals surface area contributed by atoms with E-state index in [1.807, 2.05) is 18.2 Å². The molecule has 0 aliphatic heterocycles. The predicted molar refractivity (Wildman–Crippen MR) is 61.5 cm³/mol. The molecule has 1 nitrogen and oxygen atoms in total. The summed E-state index contributed by atoms with van der Waals surface area (Å²) in [7, 11) is 0. The number of nitrogens with two attached hydrogens (primary N) is 1. The van der Waals surface area contributed by atoms with Crippen molar-refractivity contribution in [2.24, 2.45) is 0 Å². The first-order valence-electron chi connectivity index (χ1n) is 4.13. The Kier molecular flexibility index (Phi) is 3.14. The summed E-state index contributed by atoms with van der Waals surface area (Å²) in [5.41, 5.74) is 6.58. The highest BCUT2D eigenvalue weighted by Gasteiger charge is 2.15. The van der Waals surface area contributed by atoms with E-state index in [1.165, 1.54) is 0 Å². The molecule has 0 aromatic heterocycles. The molecule has 1 aromatic carbocycles. The van der Waals surface area contributed by atoms with E-state index in [9.17, 15) is 0 Å². The summed E-state index contributed by atoms with van der Waals surface area (Å²) in [6.45, 7) is 6.42. The first kappa shape index (κ1) is 10.7. The standard InChI is InChI=1S/C10H14ClNS/c1-10(2,3)13-9-7(11)5-4-6-8(9)12/h4-6H,12H2,1-3H3. The quantitative estimate of drug-likeness (QED) is 0.570. The zero-order chi connectivity index (χ0) is 10.1. The van der Waals surface area contributed by atoms with Gasteiger partial charge in [-0.05, 0) is 12.1 Å². The van der Waals surface area contributed by atoms with Crippen LogP contribution in [0.2, 0.25) is 5.02 Å². The van der Waals surface area contributed by atoms with Crippen LogP contribution in [-0.2, 0) is 0 Å². The number of rotatable bonds is 1. The lowest BCUT2D eigenvalue weighted by molar-refractivity contribution is 0.803. The largest absolute Gasteiger partial charge is 0.398 e. The molecule has 0 bridgehead atoms. The third-order valence-corrected chi connectivity index (χ3v) is 3.10. The Morgan fingerprint density at radius 3 is 2.38 bits per heavy atom. The van der Waals surface area contributed by atoms with Crippen LogP contribution in [0.25, 0.3) is 0 Å². The number of hydrogen-bond acceptors (Lipinski definition) is 2. The van der Waals surface area contributed by atoms with Gasteiger partial charge in [0.1, 0.15) is 0 Å². The van der Waals surface area contributed by atoms with E-state index in [0.717, 1.165) is 15.6 Å². The van der Waals surface area contributed by atoms with Gasteiger partial charge in [0.25, 0.3) is 0 Å². The van der Waals surface area contributed by atoms with Crippen LogP contribution < -0.4 is 5.73 Å². The molecule has 0 amide bonds. The number of nitrogen functional groups attached to an aromatic ring is 1. The summed E-state index contributed by atoms with van der Waals surface area (Å²) in [5, 5.41) is 0.736. The minimum Gasteiger partial charge on any atom is -0.398 e. The van der Waals surface area contributed by atoms with E-state index < -0.39 is 0 Å². The Morgan fingerprint density at radius 1 is 1.31 bits per heavy atom. The van der Waals surface area contributed by atoms with Crippen molar-refractivity contribution in [3.63, 3.8) is 0 Å². The molecule has 0 saturated heterocycles. The lowest BCUT2D eigenvalue weighted by Gasteiger charge is -2.19. The summed E-state index contributed by atoms with van der Waals surface area (Å²) in [5.74, 6) is 0. The number of halogens is 1. The average molecular weight is 216 g/mol. The fourth-order valence-corrected chi connectivity index (χ4v) is 2.20. The van der Waals surface area contributed by atoms with Gasteiger partial charge >= 0.3 is 0 Å². The SMILES string of the molecule is CC(C)(C)Sc1c(N)cccc1Cl. The minimum atomic E-state index is 0.138. The average Bonchev–Trinajstić information content (AvgIpc) is 1.95. The van der Waals surface area contributed by atoms with Crippen molar-refractivity contribution in [3.8, 4) is 0 Å². The Bertz CT molecular complexity index is 284. The van der Waals surface area contributed by atoms with Gasteiger partial charge in [-0.15, -0.1) is 11.8 Å². The Morgan fingerprint density at radius 2 is 1.92 bits per heavy atom. The van der Waals surface area contributed by atoms with E-state index in [2.05, 4.69) is 20.8 Å². The van der Waals surface area contributed by atoms with Crippen molar-refractivity contribution in [3.05, 3.63) is 23.2 Å². The predicted octanol–water partition coefficient (Wildman–Crippen LogP) is 3.81. The van der Waals surface area contributed by atoms with Crippen molar-refractivity contribution >= 4 is 29.1 Å². The molecule has 0 radical (unpaired) electrons. The van der Waals surface area contributed by atoms with Crippen LogP contribution in [-0.4, -0.2) is 4.75 Å². The first-order valence-corrected chi connectivity index (χ1v) is 5.32. The maximum Gasteiger partial charge on any atom is 0.0562 e. The molecule has 0 aliphatic rings. The van der Waals surface area contributed by atoms with Crippen molar-refractivity contribution in [2.45, 2.75) is 30.4 Å². The van der Waals surface area contributed by atoms with Gasteiger partial charge in [0.15, 0.2) is 0 Å². The second-order valence-corrected chi connectivity index (χ2v) is 6.12. The van der Waals surface area contributed by atoms with Gasteiger partial charge in [-0.25, -0.2) is 0 Å². The second kappa shape index (κ2) is 3.81. The molecule has 3 heteroatoms. The fraction of sp³-hybridized carbons (Fsp3) is 0.400. The van der Waals surface area contributed by atoms with E-state index in [1.54, 1.807) is 11.8 Å². The topological polar surface area (TPSA) is 26.0 Å². The van der Waals surface area contributed by atoms with Crippen molar-refractivity contribution in [1.29, 1.82) is 0 Å². The monoisotopic (exact) mass is 215 g/mol. The van der Waals surface area contributed by atoms with Crippen LogP contribution in [0.3, 0.4) is 0 Å². The van der Waals surface area contributed by atoms with Crippen molar-refractivity contribution in [2.75, 3.05) is 5.73 Å². The molecule has 0 saturated carbocycles. The molecule has 0 spiro atoms. The lowest BCUT2D eigenvalue weighted by Crippen LogP contribution is -2.07. The highest BCUT2D eigenvalue weighted by Crippen LogP contribution is 2.39. The third kappa shape index (κ3) is 3.12. The van der Waals surface area contributed by atoms with Crippen molar-refractivity contribution < 1.29 is 0 Å². The molecule has 13 heavy (non-hydrogen) atoms. The van der Waals surface area contributed by atoms with Crippen LogP contribution in [0.15, 0.2) is 23.1 Å².